The van der Waals surface area contributed by atoms with Gasteiger partial charge in [-0.1, -0.05) is 26.8 Å². The maximum atomic E-state index is 5.54. The predicted octanol–water partition coefficient (Wildman–Crippen LogP) is 4.62. The van der Waals surface area contributed by atoms with Gasteiger partial charge in [-0.25, -0.2) is 4.98 Å². The standard InChI is InChI=1S/C19H22N2O/c1-13-8-9-21-12-16(20-18(21)10-13)15-11-14(19(2,3)4)6-7-17(15)22-5/h6-12H,1-5H3. The molecular weight excluding hydrogens is 272 g/mol. The lowest BCUT2D eigenvalue weighted by Gasteiger charge is -2.20. The van der Waals surface area contributed by atoms with Gasteiger partial charge in [0.05, 0.1) is 12.8 Å². The summed E-state index contributed by atoms with van der Waals surface area (Å²) < 4.78 is 7.59. The molecule has 2 aromatic heterocycles. The van der Waals surface area contributed by atoms with Gasteiger partial charge in [-0.15, -0.1) is 0 Å². The van der Waals surface area contributed by atoms with Gasteiger partial charge in [0.15, 0.2) is 0 Å². The molecule has 0 saturated carbocycles. The van der Waals surface area contributed by atoms with Crippen LogP contribution in [0.1, 0.15) is 31.9 Å². The van der Waals surface area contributed by atoms with E-state index in [0.29, 0.717) is 0 Å². The molecule has 3 nitrogen and oxygen atoms in total. The first kappa shape index (κ1) is 14.6. The third-order valence-corrected chi connectivity index (χ3v) is 3.96. The predicted molar refractivity (Wildman–Crippen MR) is 90.6 cm³/mol. The topological polar surface area (TPSA) is 26.5 Å². The van der Waals surface area contributed by atoms with Crippen LogP contribution in [-0.2, 0) is 5.41 Å². The zero-order valence-electron chi connectivity index (χ0n) is 13.8. The Labute approximate surface area is 131 Å². The lowest BCUT2D eigenvalue weighted by Crippen LogP contribution is -2.11. The van der Waals surface area contributed by atoms with Gasteiger partial charge in [0.2, 0.25) is 0 Å². The Morgan fingerprint density at radius 3 is 2.55 bits per heavy atom. The number of benzene rings is 1. The second-order valence-electron chi connectivity index (χ2n) is 6.76. The van der Waals surface area contributed by atoms with Crippen molar-refractivity contribution >= 4 is 5.65 Å². The van der Waals surface area contributed by atoms with Gasteiger partial charge < -0.3 is 9.14 Å². The maximum Gasteiger partial charge on any atom is 0.137 e. The maximum absolute atomic E-state index is 5.54. The summed E-state index contributed by atoms with van der Waals surface area (Å²) in [5.74, 6) is 0.855. The molecule has 3 heteroatoms. The lowest BCUT2D eigenvalue weighted by atomic mass is 9.86. The fraction of sp³-hybridized carbons (Fsp3) is 0.316. The van der Waals surface area contributed by atoms with Crippen molar-refractivity contribution in [3.8, 4) is 17.0 Å². The van der Waals surface area contributed by atoms with Crippen LogP contribution in [0.2, 0.25) is 0 Å². The van der Waals surface area contributed by atoms with Gasteiger partial charge in [0.25, 0.3) is 0 Å². The number of hydrogen-bond acceptors (Lipinski definition) is 2. The first-order valence-electron chi connectivity index (χ1n) is 7.53. The molecule has 0 atom stereocenters. The summed E-state index contributed by atoms with van der Waals surface area (Å²) in [7, 11) is 1.70. The molecule has 0 aliphatic heterocycles. The van der Waals surface area contributed by atoms with E-state index in [1.807, 2.05) is 16.7 Å². The van der Waals surface area contributed by atoms with Crippen LogP contribution < -0.4 is 4.74 Å². The van der Waals surface area contributed by atoms with Gasteiger partial charge in [-0.2, -0.15) is 0 Å². The molecule has 0 N–H and O–H groups in total. The lowest BCUT2D eigenvalue weighted by molar-refractivity contribution is 0.415. The minimum absolute atomic E-state index is 0.0940. The third kappa shape index (κ3) is 2.59. The minimum atomic E-state index is 0.0940. The molecule has 3 rings (SSSR count). The minimum Gasteiger partial charge on any atom is -0.496 e. The van der Waals surface area contributed by atoms with Gasteiger partial charge in [0.1, 0.15) is 11.4 Å². The summed E-state index contributed by atoms with van der Waals surface area (Å²) in [5, 5.41) is 0. The number of aryl methyl sites for hydroxylation is 1. The first-order valence-corrected chi connectivity index (χ1v) is 7.53. The molecule has 0 amide bonds. The summed E-state index contributed by atoms with van der Waals surface area (Å²) in [6.07, 6.45) is 4.10. The molecule has 2 heterocycles. The highest BCUT2D eigenvalue weighted by molar-refractivity contribution is 5.70. The smallest absolute Gasteiger partial charge is 0.137 e. The molecular formula is C19H22N2O. The molecule has 0 aliphatic carbocycles. The van der Waals surface area contributed by atoms with Crippen molar-refractivity contribution < 1.29 is 4.74 Å². The molecule has 0 saturated heterocycles. The van der Waals surface area contributed by atoms with E-state index in [4.69, 9.17) is 9.72 Å². The second kappa shape index (κ2) is 5.16. The molecule has 114 valence electrons. The number of methoxy groups -OCH3 is 1. The van der Waals surface area contributed by atoms with Crippen LogP contribution in [0.5, 0.6) is 5.75 Å². The fourth-order valence-corrected chi connectivity index (χ4v) is 2.59. The summed E-state index contributed by atoms with van der Waals surface area (Å²) in [6, 6.07) is 10.5. The van der Waals surface area contributed by atoms with E-state index < -0.39 is 0 Å². The van der Waals surface area contributed by atoms with E-state index in [2.05, 4.69) is 58.2 Å². The quantitative estimate of drug-likeness (QED) is 0.689. The van der Waals surface area contributed by atoms with Crippen LogP contribution >= 0.6 is 0 Å². The summed E-state index contributed by atoms with van der Waals surface area (Å²) in [4.78, 5) is 4.76. The second-order valence-corrected chi connectivity index (χ2v) is 6.76. The van der Waals surface area contributed by atoms with Crippen molar-refractivity contribution in [2.75, 3.05) is 7.11 Å². The molecule has 0 unspecified atom stereocenters. The number of hydrogen-bond donors (Lipinski definition) is 0. The Kier molecular flexibility index (Phi) is 3.44. The zero-order valence-corrected chi connectivity index (χ0v) is 13.8. The molecule has 0 spiro atoms. The molecule has 0 fully saturated rings. The van der Waals surface area contributed by atoms with Gasteiger partial charge in [-0.3, -0.25) is 0 Å². The molecule has 0 radical (unpaired) electrons. The van der Waals surface area contributed by atoms with Crippen LogP contribution in [0, 0.1) is 6.92 Å². The van der Waals surface area contributed by atoms with Gasteiger partial charge >= 0.3 is 0 Å². The highest BCUT2D eigenvalue weighted by Crippen LogP contribution is 2.34. The Morgan fingerprint density at radius 1 is 1.09 bits per heavy atom. The molecule has 0 bridgehead atoms. The van der Waals surface area contributed by atoms with Crippen LogP contribution in [0.3, 0.4) is 0 Å². The molecule has 0 aliphatic rings. The van der Waals surface area contributed by atoms with E-state index in [1.165, 1.54) is 11.1 Å². The Morgan fingerprint density at radius 2 is 1.86 bits per heavy atom. The summed E-state index contributed by atoms with van der Waals surface area (Å²) in [6.45, 7) is 8.72. The Balaban J connectivity index is 2.19. The van der Waals surface area contributed by atoms with Gasteiger partial charge in [-0.05, 0) is 47.7 Å². The number of pyridine rings is 1. The van der Waals surface area contributed by atoms with Crippen LogP contribution in [0.4, 0.5) is 0 Å². The summed E-state index contributed by atoms with van der Waals surface area (Å²) >= 11 is 0. The number of rotatable bonds is 2. The van der Waals surface area contributed by atoms with E-state index in [1.54, 1.807) is 7.11 Å². The molecule has 3 aromatic rings. The largest absolute Gasteiger partial charge is 0.496 e. The number of aromatic nitrogens is 2. The highest BCUT2D eigenvalue weighted by Gasteiger charge is 2.18. The van der Waals surface area contributed by atoms with E-state index in [0.717, 1.165) is 22.7 Å². The van der Waals surface area contributed by atoms with Gasteiger partial charge in [0, 0.05) is 18.0 Å². The first-order chi connectivity index (χ1) is 10.4. The molecule has 1 aromatic carbocycles. The monoisotopic (exact) mass is 294 g/mol. The summed E-state index contributed by atoms with van der Waals surface area (Å²) in [5.41, 5.74) is 5.51. The van der Waals surface area contributed by atoms with E-state index in [9.17, 15) is 0 Å². The SMILES string of the molecule is COc1ccc(C(C)(C)C)cc1-c1cn2ccc(C)cc2n1. The normalized spacial score (nSPS) is 11.9. The van der Waals surface area contributed by atoms with Crippen molar-refractivity contribution in [3.05, 3.63) is 53.9 Å². The van der Waals surface area contributed by atoms with Crippen molar-refractivity contribution in [2.45, 2.75) is 33.1 Å². The number of nitrogens with zero attached hydrogens (tertiary/aromatic N) is 2. The van der Waals surface area contributed by atoms with Crippen LogP contribution in [0.15, 0.2) is 42.7 Å². The average molecular weight is 294 g/mol. The fourth-order valence-electron chi connectivity index (χ4n) is 2.59. The van der Waals surface area contributed by atoms with Crippen molar-refractivity contribution in [1.29, 1.82) is 0 Å². The number of ether oxygens (including phenoxy) is 1. The zero-order chi connectivity index (χ0) is 15.9. The molecule has 22 heavy (non-hydrogen) atoms. The van der Waals surface area contributed by atoms with Crippen molar-refractivity contribution in [3.63, 3.8) is 0 Å². The Hall–Kier alpha value is -2.29. The third-order valence-electron chi connectivity index (χ3n) is 3.96. The van der Waals surface area contributed by atoms with Crippen LogP contribution in [0.25, 0.3) is 16.9 Å². The van der Waals surface area contributed by atoms with Crippen molar-refractivity contribution in [2.24, 2.45) is 0 Å². The Bertz CT molecular complexity index is 825. The number of imidazole rings is 1. The van der Waals surface area contributed by atoms with E-state index >= 15 is 0 Å². The van der Waals surface area contributed by atoms with Crippen molar-refractivity contribution in [1.82, 2.24) is 9.38 Å². The average Bonchev–Trinajstić information content (AvgIpc) is 2.88. The highest BCUT2D eigenvalue weighted by atomic mass is 16.5. The number of fused-ring (bicyclic) bond motifs is 1. The van der Waals surface area contributed by atoms with Crippen LogP contribution in [-0.4, -0.2) is 16.5 Å². The van der Waals surface area contributed by atoms with E-state index in [-0.39, 0.29) is 5.41 Å².